The molecule has 0 aromatic carbocycles. The third-order valence-corrected chi connectivity index (χ3v) is 2.40. The van der Waals surface area contributed by atoms with Crippen molar-refractivity contribution in [3.05, 3.63) is 24.2 Å². The highest BCUT2D eigenvalue weighted by molar-refractivity contribution is 5.11. The van der Waals surface area contributed by atoms with Crippen molar-refractivity contribution in [3.63, 3.8) is 0 Å². The fourth-order valence-electron chi connectivity index (χ4n) is 1.32. The van der Waals surface area contributed by atoms with Gasteiger partial charge in [0.15, 0.2) is 0 Å². The highest BCUT2D eigenvalue weighted by Crippen LogP contribution is 2.25. The predicted octanol–water partition coefficient (Wildman–Crippen LogP) is 1.60. The van der Waals surface area contributed by atoms with Gasteiger partial charge in [0.05, 0.1) is 24.2 Å². The zero-order chi connectivity index (χ0) is 10.6. The summed E-state index contributed by atoms with van der Waals surface area (Å²) in [7, 11) is 1.70. The van der Waals surface area contributed by atoms with Crippen LogP contribution < -0.4 is 11.3 Å². The first kappa shape index (κ1) is 11.2. The van der Waals surface area contributed by atoms with Gasteiger partial charge in [-0.2, -0.15) is 0 Å². The molecule has 0 saturated carbocycles. The minimum Gasteiger partial charge on any atom is -0.472 e. The molecular weight excluding hydrogens is 180 g/mol. The molecule has 14 heavy (non-hydrogen) atoms. The summed E-state index contributed by atoms with van der Waals surface area (Å²) in [6, 6.07) is 1.96. The summed E-state index contributed by atoms with van der Waals surface area (Å²) in [6.45, 7) is 4.05. The average molecular weight is 198 g/mol. The first-order valence-corrected chi connectivity index (χ1v) is 4.62. The summed E-state index contributed by atoms with van der Waals surface area (Å²) >= 11 is 0. The van der Waals surface area contributed by atoms with Crippen LogP contribution in [0.15, 0.2) is 23.0 Å². The molecule has 1 unspecified atom stereocenters. The number of hydrazine groups is 1. The Morgan fingerprint density at radius 1 is 1.64 bits per heavy atom. The zero-order valence-electron chi connectivity index (χ0n) is 8.91. The molecule has 1 atom stereocenters. The molecule has 4 nitrogen and oxygen atoms in total. The van der Waals surface area contributed by atoms with Crippen LogP contribution in [-0.2, 0) is 4.74 Å². The molecule has 0 spiro atoms. The molecule has 1 rings (SSSR count). The third kappa shape index (κ3) is 2.83. The van der Waals surface area contributed by atoms with Gasteiger partial charge in [0, 0.05) is 12.7 Å². The summed E-state index contributed by atoms with van der Waals surface area (Å²) in [4.78, 5) is 0. The second-order valence-electron chi connectivity index (χ2n) is 3.94. The molecule has 0 aliphatic carbocycles. The Morgan fingerprint density at radius 2 is 2.36 bits per heavy atom. The first-order valence-electron chi connectivity index (χ1n) is 4.62. The van der Waals surface area contributed by atoms with Crippen LogP contribution in [-0.4, -0.2) is 12.7 Å². The van der Waals surface area contributed by atoms with Crippen LogP contribution in [0, 0.1) is 0 Å². The molecular formula is C10H18N2O2. The molecule has 1 aromatic heterocycles. The van der Waals surface area contributed by atoms with Crippen molar-refractivity contribution in [1.29, 1.82) is 0 Å². The number of hydrogen-bond acceptors (Lipinski definition) is 4. The van der Waals surface area contributed by atoms with Crippen molar-refractivity contribution in [1.82, 2.24) is 5.43 Å². The van der Waals surface area contributed by atoms with Crippen LogP contribution in [0.4, 0.5) is 0 Å². The van der Waals surface area contributed by atoms with Crippen molar-refractivity contribution in [2.24, 2.45) is 5.84 Å². The molecule has 0 saturated heterocycles. The van der Waals surface area contributed by atoms with Crippen LogP contribution in [0.1, 0.15) is 31.9 Å². The van der Waals surface area contributed by atoms with Gasteiger partial charge >= 0.3 is 0 Å². The number of rotatable bonds is 5. The second-order valence-corrected chi connectivity index (χ2v) is 3.94. The van der Waals surface area contributed by atoms with Crippen molar-refractivity contribution in [3.8, 4) is 0 Å². The van der Waals surface area contributed by atoms with E-state index in [9.17, 15) is 0 Å². The van der Waals surface area contributed by atoms with Crippen molar-refractivity contribution >= 4 is 0 Å². The SMILES string of the molecule is COC(C)(C)CC(NN)c1ccoc1. The summed E-state index contributed by atoms with van der Waals surface area (Å²) < 4.78 is 10.4. The van der Waals surface area contributed by atoms with E-state index in [1.807, 2.05) is 19.9 Å². The van der Waals surface area contributed by atoms with Gasteiger partial charge in [0.1, 0.15) is 0 Å². The Labute approximate surface area is 84.4 Å². The minimum absolute atomic E-state index is 0.0590. The van der Waals surface area contributed by atoms with E-state index in [-0.39, 0.29) is 11.6 Å². The lowest BCUT2D eigenvalue weighted by Gasteiger charge is -2.27. The van der Waals surface area contributed by atoms with Gasteiger partial charge in [-0.1, -0.05) is 0 Å². The Balaban J connectivity index is 2.65. The van der Waals surface area contributed by atoms with E-state index in [0.29, 0.717) is 0 Å². The van der Waals surface area contributed by atoms with Gasteiger partial charge in [-0.05, 0) is 26.3 Å². The van der Waals surface area contributed by atoms with Gasteiger partial charge in [-0.15, -0.1) is 0 Å². The van der Waals surface area contributed by atoms with Gasteiger partial charge < -0.3 is 9.15 Å². The smallest absolute Gasteiger partial charge is 0.0950 e. The third-order valence-electron chi connectivity index (χ3n) is 2.40. The van der Waals surface area contributed by atoms with Gasteiger partial charge in [0.25, 0.3) is 0 Å². The largest absolute Gasteiger partial charge is 0.472 e. The van der Waals surface area contributed by atoms with Crippen LogP contribution >= 0.6 is 0 Å². The summed E-state index contributed by atoms with van der Waals surface area (Å²) in [5.74, 6) is 5.48. The molecule has 0 aliphatic heterocycles. The quantitative estimate of drug-likeness (QED) is 0.557. The number of methoxy groups -OCH3 is 1. The Bertz CT molecular complexity index is 257. The van der Waals surface area contributed by atoms with E-state index in [0.717, 1.165) is 12.0 Å². The molecule has 0 aliphatic rings. The number of ether oxygens (including phenoxy) is 1. The van der Waals surface area contributed by atoms with E-state index < -0.39 is 0 Å². The van der Waals surface area contributed by atoms with E-state index in [1.165, 1.54) is 0 Å². The molecule has 0 radical (unpaired) electrons. The monoisotopic (exact) mass is 198 g/mol. The predicted molar refractivity (Wildman–Crippen MR) is 54.5 cm³/mol. The highest BCUT2D eigenvalue weighted by Gasteiger charge is 2.23. The van der Waals surface area contributed by atoms with E-state index in [1.54, 1.807) is 19.6 Å². The summed E-state index contributed by atoms with van der Waals surface area (Å²) in [5, 5.41) is 0. The van der Waals surface area contributed by atoms with Crippen LogP contribution in [0.2, 0.25) is 0 Å². The molecule has 4 heteroatoms. The van der Waals surface area contributed by atoms with Crippen molar-refractivity contribution in [2.75, 3.05) is 7.11 Å². The standard InChI is InChI=1S/C10H18N2O2/c1-10(2,13-3)6-9(12-11)8-4-5-14-7-8/h4-5,7,9,12H,6,11H2,1-3H3. The summed E-state index contributed by atoms with van der Waals surface area (Å²) in [6.07, 6.45) is 4.12. The maximum Gasteiger partial charge on any atom is 0.0950 e. The molecule has 80 valence electrons. The van der Waals surface area contributed by atoms with Gasteiger partial charge in [-0.25, -0.2) is 0 Å². The minimum atomic E-state index is -0.200. The molecule has 1 heterocycles. The van der Waals surface area contributed by atoms with Crippen LogP contribution in [0.25, 0.3) is 0 Å². The fraction of sp³-hybridized carbons (Fsp3) is 0.600. The number of furan rings is 1. The zero-order valence-corrected chi connectivity index (χ0v) is 8.91. The second kappa shape index (κ2) is 4.59. The Morgan fingerprint density at radius 3 is 2.79 bits per heavy atom. The normalized spacial score (nSPS) is 14.3. The Hall–Kier alpha value is -0.840. The maximum absolute atomic E-state index is 5.48. The molecule has 0 amide bonds. The topological polar surface area (TPSA) is 60.4 Å². The van der Waals surface area contributed by atoms with Gasteiger partial charge in [0.2, 0.25) is 0 Å². The number of nitrogens with two attached hydrogens (primary N) is 1. The lowest BCUT2D eigenvalue weighted by molar-refractivity contribution is 0.00677. The lowest BCUT2D eigenvalue weighted by atomic mass is 9.95. The lowest BCUT2D eigenvalue weighted by Crippen LogP contribution is -2.35. The van der Waals surface area contributed by atoms with Crippen LogP contribution in [0.5, 0.6) is 0 Å². The first-order chi connectivity index (χ1) is 6.59. The maximum atomic E-state index is 5.48. The Kier molecular flexibility index (Phi) is 3.69. The van der Waals surface area contributed by atoms with Crippen LogP contribution in [0.3, 0.4) is 0 Å². The molecule has 0 fully saturated rings. The van der Waals surface area contributed by atoms with E-state index >= 15 is 0 Å². The average Bonchev–Trinajstić information content (AvgIpc) is 2.67. The molecule has 3 N–H and O–H groups in total. The number of hydrogen-bond donors (Lipinski definition) is 2. The fourth-order valence-corrected chi connectivity index (χ4v) is 1.32. The van der Waals surface area contributed by atoms with Crippen molar-refractivity contribution in [2.45, 2.75) is 31.9 Å². The molecule has 1 aromatic rings. The summed E-state index contributed by atoms with van der Waals surface area (Å²) in [5.41, 5.74) is 3.59. The highest BCUT2D eigenvalue weighted by atomic mass is 16.5. The van der Waals surface area contributed by atoms with E-state index in [4.69, 9.17) is 15.0 Å². The number of nitrogens with one attached hydrogen (secondary N) is 1. The van der Waals surface area contributed by atoms with E-state index in [2.05, 4.69) is 5.43 Å². The van der Waals surface area contributed by atoms with Gasteiger partial charge in [-0.3, -0.25) is 11.3 Å². The molecule has 0 bridgehead atoms. The van der Waals surface area contributed by atoms with Crippen molar-refractivity contribution < 1.29 is 9.15 Å².